The number of hydrogen-bond acceptors (Lipinski definition) is 2. The normalized spacial score (nSPS) is 10.3. The Morgan fingerprint density at radius 2 is 1.26 bits per heavy atom. The van der Waals surface area contributed by atoms with Gasteiger partial charge in [-0.15, -0.1) is 0 Å². The summed E-state index contributed by atoms with van der Waals surface area (Å²) in [5.74, 6) is 0. The standard InChI is InChI=1S/C21H19NO/c23-17-20-12-7-13-21(14-20)22(15-18-8-3-1-4-9-18)16-19-10-5-2-6-11-19/h1-14,17H,15-16H2. The number of rotatable bonds is 6. The van der Waals surface area contributed by atoms with Crippen LogP contribution in [0.15, 0.2) is 84.9 Å². The van der Waals surface area contributed by atoms with E-state index in [2.05, 4.69) is 59.5 Å². The fourth-order valence-corrected chi connectivity index (χ4v) is 2.64. The highest BCUT2D eigenvalue weighted by molar-refractivity contribution is 5.77. The minimum Gasteiger partial charge on any atom is -0.363 e. The minimum absolute atomic E-state index is 0.702. The van der Waals surface area contributed by atoms with Gasteiger partial charge in [0, 0.05) is 24.3 Å². The highest BCUT2D eigenvalue weighted by Crippen LogP contribution is 2.21. The number of benzene rings is 3. The van der Waals surface area contributed by atoms with Crippen LogP contribution in [0.2, 0.25) is 0 Å². The van der Waals surface area contributed by atoms with Crippen molar-refractivity contribution in [1.82, 2.24) is 0 Å². The molecule has 0 N–H and O–H groups in total. The maximum Gasteiger partial charge on any atom is 0.150 e. The van der Waals surface area contributed by atoms with Crippen molar-refractivity contribution in [3.05, 3.63) is 102 Å². The van der Waals surface area contributed by atoms with Crippen molar-refractivity contribution in [2.45, 2.75) is 13.1 Å². The molecule has 0 radical (unpaired) electrons. The summed E-state index contributed by atoms with van der Waals surface area (Å²) >= 11 is 0. The fourth-order valence-electron chi connectivity index (χ4n) is 2.64. The third-order valence-electron chi connectivity index (χ3n) is 3.80. The predicted octanol–water partition coefficient (Wildman–Crippen LogP) is 4.71. The van der Waals surface area contributed by atoms with Gasteiger partial charge in [-0.05, 0) is 23.3 Å². The Balaban J connectivity index is 1.90. The topological polar surface area (TPSA) is 20.3 Å². The molecule has 0 aromatic heterocycles. The van der Waals surface area contributed by atoms with E-state index < -0.39 is 0 Å². The zero-order valence-electron chi connectivity index (χ0n) is 12.9. The van der Waals surface area contributed by atoms with Gasteiger partial charge in [-0.1, -0.05) is 72.8 Å². The summed E-state index contributed by atoms with van der Waals surface area (Å²) in [5, 5.41) is 0. The van der Waals surface area contributed by atoms with Gasteiger partial charge >= 0.3 is 0 Å². The first-order chi connectivity index (χ1) is 11.3. The summed E-state index contributed by atoms with van der Waals surface area (Å²) in [6.07, 6.45) is 0.896. The van der Waals surface area contributed by atoms with E-state index in [1.54, 1.807) is 0 Å². The molecule has 2 nitrogen and oxygen atoms in total. The van der Waals surface area contributed by atoms with Crippen LogP contribution in [0.1, 0.15) is 21.5 Å². The zero-order valence-corrected chi connectivity index (χ0v) is 12.9. The molecule has 0 saturated carbocycles. The van der Waals surface area contributed by atoms with Crippen LogP contribution in [-0.2, 0) is 13.1 Å². The van der Waals surface area contributed by atoms with Crippen molar-refractivity contribution in [1.29, 1.82) is 0 Å². The number of anilines is 1. The van der Waals surface area contributed by atoms with E-state index in [1.165, 1.54) is 11.1 Å². The van der Waals surface area contributed by atoms with Crippen molar-refractivity contribution >= 4 is 12.0 Å². The summed E-state index contributed by atoms with van der Waals surface area (Å²) in [7, 11) is 0. The molecule has 2 heteroatoms. The van der Waals surface area contributed by atoms with Crippen molar-refractivity contribution in [3.63, 3.8) is 0 Å². The monoisotopic (exact) mass is 301 g/mol. The lowest BCUT2D eigenvalue weighted by molar-refractivity contribution is 0.112. The van der Waals surface area contributed by atoms with E-state index in [9.17, 15) is 4.79 Å². The molecule has 0 atom stereocenters. The highest BCUT2D eigenvalue weighted by Gasteiger charge is 2.09. The lowest BCUT2D eigenvalue weighted by atomic mass is 10.1. The second kappa shape index (κ2) is 7.41. The molecule has 23 heavy (non-hydrogen) atoms. The first kappa shape index (κ1) is 15.0. The molecule has 0 aliphatic heterocycles. The summed E-state index contributed by atoms with van der Waals surface area (Å²) in [5.41, 5.74) is 4.26. The maximum atomic E-state index is 11.1. The molecule has 0 bridgehead atoms. The van der Waals surface area contributed by atoms with Crippen LogP contribution in [0.5, 0.6) is 0 Å². The summed E-state index contributed by atoms with van der Waals surface area (Å²) in [6, 6.07) is 28.5. The van der Waals surface area contributed by atoms with Crippen LogP contribution in [0, 0.1) is 0 Å². The molecule has 0 aliphatic rings. The van der Waals surface area contributed by atoms with E-state index in [1.807, 2.05) is 30.3 Å². The number of aldehydes is 1. The lowest BCUT2D eigenvalue weighted by Gasteiger charge is -2.25. The van der Waals surface area contributed by atoms with E-state index >= 15 is 0 Å². The van der Waals surface area contributed by atoms with Crippen molar-refractivity contribution in [3.8, 4) is 0 Å². The molecule has 3 aromatic rings. The third kappa shape index (κ3) is 4.07. The second-order valence-corrected chi connectivity index (χ2v) is 5.54. The largest absolute Gasteiger partial charge is 0.363 e. The Bertz CT molecular complexity index is 712. The minimum atomic E-state index is 0.702. The number of carbonyl (C=O) groups is 1. The molecular formula is C21H19NO. The lowest BCUT2D eigenvalue weighted by Crippen LogP contribution is -2.22. The number of hydrogen-bond donors (Lipinski definition) is 0. The first-order valence-electron chi connectivity index (χ1n) is 7.73. The van der Waals surface area contributed by atoms with Crippen LogP contribution >= 0.6 is 0 Å². The van der Waals surface area contributed by atoms with Crippen LogP contribution < -0.4 is 4.90 Å². The SMILES string of the molecule is O=Cc1cccc(N(Cc2ccccc2)Cc2ccccc2)c1. The summed E-state index contributed by atoms with van der Waals surface area (Å²) in [4.78, 5) is 13.4. The molecule has 0 fully saturated rings. The van der Waals surface area contributed by atoms with Crippen molar-refractivity contribution < 1.29 is 4.79 Å². The van der Waals surface area contributed by atoms with Crippen molar-refractivity contribution in [2.75, 3.05) is 4.90 Å². The van der Waals surface area contributed by atoms with Crippen LogP contribution in [0.3, 0.4) is 0 Å². The number of carbonyl (C=O) groups excluding carboxylic acids is 1. The van der Waals surface area contributed by atoms with Gasteiger partial charge in [0.05, 0.1) is 0 Å². The Labute approximate surface area is 137 Å². The van der Waals surface area contributed by atoms with E-state index in [0.29, 0.717) is 5.56 Å². The van der Waals surface area contributed by atoms with E-state index in [-0.39, 0.29) is 0 Å². The smallest absolute Gasteiger partial charge is 0.150 e. The van der Waals surface area contributed by atoms with Gasteiger partial charge in [0.2, 0.25) is 0 Å². The summed E-state index contributed by atoms with van der Waals surface area (Å²) < 4.78 is 0. The molecule has 0 heterocycles. The van der Waals surface area contributed by atoms with Gasteiger partial charge in [0.1, 0.15) is 6.29 Å². The Morgan fingerprint density at radius 3 is 1.78 bits per heavy atom. The number of nitrogens with zero attached hydrogens (tertiary/aromatic N) is 1. The van der Waals surface area contributed by atoms with E-state index in [4.69, 9.17) is 0 Å². The fraction of sp³-hybridized carbons (Fsp3) is 0.0952. The molecule has 0 spiro atoms. The van der Waals surface area contributed by atoms with Crippen LogP contribution in [-0.4, -0.2) is 6.29 Å². The Morgan fingerprint density at radius 1 is 0.696 bits per heavy atom. The third-order valence-corrected chi connectivity index (χ3v) is 3.80. The first-order valence-corrected chi connectivity index (χ1v) is 7.73. The Hall–Kier alpha value is -2.87. The molecule has 0 aliphatic carbocycles. The zero-order chi connectivity index (χ0) is 15.9. The highest BCUT2D eigenvalue weighted by atomic mass is 16.1. The predicted molar refractivity (Wildman–Crippen MR) is 94.6 cm³/mol. The molecule has 114 valence electrons. The van der Waals surface area contributed by atoms with Crippen molar-refractivity contribution in [2.24, 2.45) is 0 Å². The van der Waals surface area contributed by atoms with Gasteiger partial charge in [0.25, 0.3) is 0 Å². The summed E-state index contributed by atoms with van der Waals surface area (Å²) in [6.45, 7) is 1.61. The quantitative estimate of drug-likeness (QED) is 0.615. The van der Waals surface area contributed by atoms with Gasteiger partial charge in [-0.2, -0.15) is 0 Å². The van der Waals surface area contributed by atoms with Gasteiger partial charge < -0.3 is 4.90 Å². The van der Waals surface area contributed by atoms with Gasteiger partial charge in [0.15, 0.2) is 0 Å². The van der Waals surface area contributed by atoms with Gasteiger partial charge in [-0.3, -0.25) is 4.79 Å². The molecule has 0 amide bonds. The average molecular weight is 301 g/mol. The molecule has 0 unspecified atom stereocenters. The second-order valence-electron chi connectivity index (χ2n) is 5.54. The van der Waals surface area contributed by atoms with Crippen LogP contribution in [0.25, 0.3) is 0 Å². The Kier molecular flexibility index (Phi) is 4.85. The molecular weight excluding hydrogens is 282 g/mol. The molecule has 3 rings (SSSR count). The molecule has 0 saturated heterocycles. The average Bonchev–Trinajstić information content (AvgIpc) is 2.63. The van der Waals surface area contributed by atoms with Crippen LogP contribution in [0.4, 0.5) is 5.69 Å². The van der Waals surface area contributed by atoms with E-state index in [0.717, 1.165) is 25.1 Å². The maximum absolute atomic E-state index is 11.1. The van der Waals surface area contributed by atoms with Gasteiger partial charge in [-0.25, -0.2) is 0 Å². The molecule has 3 aromatic carbocycles.